The number of carbonyl (C=O) groups excluding carboxylic acids is 1. The summed E-state index contributed by atoms with van der Waals surface area (Å²) in [7, 11) is 0. The van der Waals surface area contributed by atoms with Gasteiger partial charge >= 0.3 is 0 Å². The van der Waals surface area contributed by atoms with E-state index in [0.29, 0.717) is 21.7 Å². The Kier molecular flexibility index (Phi) is 3.93. The minimum Gasteiger partial charge on any atom is -0.450 e. The second-order valence-corrected chi connectivity index (χ2v) is 8.48. The summed E-state index contributed by atoms with van der Waals surface area (Å²) in [6, 6.07) is 14.4. The molecule has 0 aliphatic carbocycles. The topological polar surface area (TPSA) is 63.4 Å². The first-order chi connectivity index (χ1) is 14.0. The predicted octanol–water partition coefficient (Wildman–Crippen LogP) is 4.92. The van der Waals surface area contributed by atoms with Gasteiger partial charge in [0.15, 0.2) is 10.6 Å². The molecular weight excluding hydrogens is 384 g/mol. The zero-order chi connectivity index (χ0) is 20.3. The van der Waals surface area contributed by atoms with Gasteiger partial charge in [0, 0.05) is 4.88 Å². The minimum atomic E-state index is -0.565. The van der Waals surface area contributed by atoms with Crippen LogP contribution in [0, 0.1) is 20.8 Å². The number of aromatic nitrogens is 1. The van der Waals surface area contributed by atoms with E-state index in [1.807, 2.05) is 63.2 Å². The van der Waals surface area contributed by atoms with E-state index in [9.17, 15) is 9.59 Å². The first kappa shape index (κ1) is 17.8. The Labute approximate surface area is 171 Å². The normalized spacial score (nSPS) is 15.9. The van der Waals surface area contributed by atoms with Crippen LogP contribution < -0.4 is 10.3 Å². The number of amides is 1. The monoisotopic (exact) mass is 402 g/mol. The number of hydrogen-bond donors (Lipinski definition) is 0. The molecule has 0 fully saturated rings. The molecular formula is C23H18N2O3S. The highest BCUT2D eigenvalue weighted by Gasteiger charge is 2.44. The lowest BCUT2D eigenvalue weighted by atomic mass is 9.98. The van der Waals surface area contributed by atoms with Crippen LogP contribution in [0.2, 0.25) is 0 Å². The number of benzene rings is 2. The largest absolute Gasteiger partial charge is 0.450 e. The van der Waals surface area contributed by atoms with Gasteiger partial charge in [-0.1, -0.05) is 42.0 Å². The van der Waals surface area contributed by atoms with E-state index in [1.165, 1.54) is 11.3 Å². The maximum Gasteiger partial charge on any atom is 0.297 e. The van der Waals surface area contributed by atoms with Crippen molar-refractivity contribution in [2.75, 3.05) is 4.90 Å². The van der Waals surface area contributed by atoms with E-state index in [-0.39, 0.29) is 17.1 Å². The van der Waals surface area contributed by atoms with Crippen LogP contribution in [0.4, 0.5) is 5.13 Å². The number of carbonyl (C=O) groups is 1. The Hall–Kier alpha value is -3.25. The van der Waals surface area contributed by atoms with Gasteiger partial charge in [-0.3, -0.25) is 14.5 Å². The van der Waals surface area contributed by atoms with Gasteiger partial charge in [-0.05, 0) is 38.5 Å². The molecule has 1 aliphatic heterocycles. The Morgan fingerprint density at radius 2 is 1.79 bits per heavy atom. The van der Waals surface area contributed by atoms with Crippen LogP contribution in [0.1, 0.15) is 43.9 Å². The summed E-state index contributed by atoms with van der Waals surface area (Å²) in [5.74, 6) is -0.229. The van der Waals surface area contributed by atoms with Crippen molar-refractivity contribution in [2.45, 2.75) is 26.8 Å². The van der Waals surface area contributed by atoms with E-state index < -0.39 is 6.04 Å². The number of rotatable bonds is 2. The van der Waals surface area contributed by atoms with Gasteiger partial charge in [0.2, 0.25) is 5.76 Å². The second kappa shape index (κ2) is 6.39. The van der Waals surface area contributed by atoms with Crippen LogP contribution in [0.3, 0.4) is 0 Å². The van der Waals surface area contributed by atoms with Crippen molar-refractivity contribution in [3.63, 3.8) is 0 Å². The minimum absolute atomic E-state index is 0.103. The molecule has 2 aromatic heterocycles. The van der Waals surface area contributed by atoms with E-state index >= 15 is 0 Å². The molecule has 0 radical (unpaired) electrons. The second-order valence-electron chi connectivity index (χ2n) is 7.30. The molecule has 0 bridgehead atoms. The van der Waals surface area contributed by atoms with E-state index in [2.05, 4.69) is 4.98 Å². The highest BCUT2D eigenvalue weighted by molar-refractivity contribution is 7.15. The molecule has 5 rings (SSSR count). The fourth-order valence-electron chi connectivity index (χ4n) is 3.79. The van der Waals surface area contributed by atoms with Gasteiger partial charge in [0.1, 0.15) is 5.58 Å². The summed E-state index contributed by atoms with van der Waals surface area (Å²) >= 11 is 1.45. The molecule has 4 aromatic rings. The highest BCUT2D eigenvalue weighted by atomic mass is 32.1. The Morgan fingerprint density at radius 3 is 2.48 bits per heavy atom. The molecule has 0 saturated carbocycles. The molecule has 0 unspecified atom stereocenters. The molecule has 1 atom stereocenters. The number of nitrogens with zero attached hydrogens (tertiary/aromatic N) is 2. The molecule has 0 spiro atoms. The number of fused-ring (bicyclic) bond motifs is 2. The van der Waals surface area contributed by atoms with Crippen LogP contribution >= 0.6 is 11.3 Å². The molecule has 2 aromatic carbocycles. The molecule has 1 aliphatic rings. The van der Waals surface area contributed by atoms with Crippen LogP contribution in [0.25, 0.3) is 11.0 Å². The van der Waals surface area contributed by atoms with Crippen molar-refractivity contribution in [3.05, 3.63) is 91.8 Å². The van der Waals surface area contributed by atoms with Crippen molar-refractivity contribution in [2.24, 2.45) is 0 Å². The molecule has 5 nitrogen and oxygen atoms in total. The number of anilines is 1. The average molecular weight is 402 g/mol. The van der Waals surface area contributed by atoms with Crippen LogP contribution in [0.15, 0.2) is 57.7 Å². The van der Waals surface area contributed by atoms with Gasteiger partial charge in [-0.2, -0.15) is 0 Å². The Bertz CT molecular complexity index is 1320. The predicted molar refractivity (Wildman–Crippen MR) is 114 cm³/mol. The first-order valence-corrected chi connectivity index (χ1v) is 10.2. The molecule has 1 amide bonds. The van der Waals surface area contributed by atoms with Gasteiger partial charge in [-0.15, -0.1) is 11.3 Å². The van der Waals surface area contributed by atoms with Gasteiger partial charge in [-0.25, -0.2) is 4.98 Å². The molecule has 0 saturated heterocycles. The summed E-state index contributed by atoms with van der Waals surface area (Å²) in [5.41, 5.74) is 3.33. The SMILES string of the molecule is Cc1ccc2oc3c(c(=O)c2c1)[C@@H](c1ccccc1)N(c1nc(C)c(C)s1)C3=O. The van der Waals surface area contributed by atoms with Crippen molar-refractivity contribution in [3.8, 4) is 0 Å². The Balaban J connectivity index is 1.83. The fourth-order valence-corrected chi connectivity index (χ4v) is 4.73. The molecule has 6 heteroatoms. The van der Waals surface area contributed by atoms with Crippen LogP contribution in [-0.4, -0.2) is 10.9 Å². The van der Waals surface area contributed by atoms with Crippen molar-refractivity contribution >= 4 is 33.3 Å². The summed E-state index contributed by atoms with van der Waals surface area (Å²) in [6.07, 6.45) is 0. The van der Waals surface area contributed by atoms with Crippen molar-refractivity contribution in [1.29, 1.82) is 0 Å². The third-order valence-electron chi connectivity index (χ3n) is 5.36. The third kappa shape index (κ3) is 2.63. The van der Waals surface area contributed by atoms with Crippen molar-refractivity contribution in [1.82, 2.24) is 4.98 Å². The zero-order valence-corrected chi connectivity index (χ0v) is 17.0. The van der Waals surface area contributed by atoms with E-state index in [0.717, 1.165) is 21.7 Å². The Morgan fingerprint density at radius 1 is 1.03 bits per heavy atom. The maximum absolute atomic E-state index is 13.5. The van der Waals surface area contributed by atoms with Crippen LogP contribution in [0.5, 0.6) is 0 Å². The zero-order valence-electron chi connectivity index (χ0n) is 16.2. The summed E-state index contributed by atoms with van der Waals surface area (Å²) in [6.45, 7) is 5.82. The average Bonchev–Trinajstić information content (AvgIpc) is 3.20. The molecule has 144 valence electrons. The summed E-state index contributed by atoms with van der Waals surface area (Å²) in [5, 5.41) is 1.07. The molecule has 29 heavy (non-hydrogen) atoms. The lowest BCUT2D eigenvalue weighted by Gasteiger charge is -2.22. The van der Waals surface area contributed by atoms with Gasteiger partial charge < -0.3 is 4.42 Å². The first-order valence-electron chi connectivity index (χ1n) is 9.35. The van der Waals surface area contributed by atoms with Gasteiger partial charge in [0.05, 0.1) is 22.7 Å². The summed E-state index contributed by atoms with van der Waals surface area (Å²) < 4.78 is 5.98. The van der Waals surface area contributed by atoms with Gasteiger partial charge in [0.25, 0.3) is 5.91 Å². The highest BCUT2D eigenvalue weighted by Crippen LogP contribution is 2.42. The standard InChI is InChI=1S/C23H18N2O3S/c1-12-9-10-17-16(11-12)20(26)18-19(15-7-5-4-6-8-15)25(22(27)21(18)28-17)23-24-13(2)14(3)29-23/h4-11,19H,1-3H3/t19-/m1/s1. The van der Waals surface area contributed by atoms with Crippen molar-refractivity contribution < 1.29 is 9.21 Å². The lowest BCUT2D eigenvalue weighted by molar-refractivity contribution is 0.0971. The number of thiazole rings is 1. The van der Waals surface area contributed by atoms with E-state index in [1.54, 1.807) is 11.0 Å². The summed E-state index contributed by atoms with van der Waals surface area (Å²) in [4.78, 5) is 34.2. The third-order valence-corrected chi connectivity index (χ3v) is 6.44. The molecule has 0 N–H and O–H groups in total. The molecule has 3 heterocycles. The quantitative estimate of drug-likeness (QED) is 0.477. The van der Waals surface area contributed by atoms with Crippen LogP contribution in [-0.2, 0) is 0 Å². The number of hydrogen-bond acceptors (Lipinski definition) is 5. The van der Waals surface area contributed by atoms with E-state index in [4.69, 9.17) is 4.42 Å². The fraction of sp³-hybridized carbons (Fsp3) is 0.174. The smallest absolute Gasteiger partial charge is 0.297 e. The lowest BCUT2D eigenvalue weighted by Crippen LogP contribution is -2.29. The number of aryl methyl sites for hydroxylation is 3. The maximum atomic E-state index is 13.5.